The fourth-order valence-corrected chi connectivity index (χ4v) is 1.85. The number of aromatic nitrogens is 2. The highest BCUT2D eigenvalue weighted by Gasteiger charge is 2.35. The lowest BCUT2D eigenvalue weighted by Crippen LogP contribution is -2.10. The number of nitrogens with zero attached hydrogens (tertiary/aromatic N) is 2. The molecule has 0 aliphatic heterocycles. The van der Waals surface area contributed by atoms with E-state index in [2.05, 4.69) is 5.10 Å². The Hall–Kier alpha value is -2.31. The van der Waals surface area contributed by atoms with Gasteiger partial charge in [0.2, 0.25) is 0 Å². The first-order valence-corrected chi connectivity index (χ1v) is 5.24. The summed E-state index contributed by atoms with van der Waals surface area (Å²) in [5.74, 6) is -1.32. The van der Waals surface area contributed by atoms with E-state index in [1.807, 2.05) is 0 Å². The number of hydrogen-bond donors (Lipinski definition) is 1. The highest BCUT2D eigenvalue weighted by Crippen LogP contribution is 2.37. The third kappa shape index (κ3) is 2.31. The molecule has 4 nitrogen and oxygen atoms in total. The van der Waals surface area contributed by atoms with Crippen LogP contribution < -0.4 is 0 Å². The first-order valence-electron chi connectivity index (χ1n) is 5.24. The van der Waals surface area contributed by atoms with Crippen molar-refractivity contribution >= 4 is 5.97 Å². The van der Waals surface area contributed by atoms with Gasteiger partial charge in [0.1, 0.15) is 5.56 Å². The van der Waals surface area contributed by atoms with Crippen LogP contribution in [0.15, 0.2) is 30.5 Å². The molecule has 0 spiro atoms. The zero-order chi connectivity index (χ0) is 14.2. The van der Waals surface area contributed by atoms with Gasteiger partial charge in [-0.15, -0.1) is 0 Å². The number of halogens is 3. The van der Waals surface area contributed by atoms with E-state index in [1.54, 1.807) is 0 Å². The second-order valence-corrected chi connectivity index (χ2v) is 3.88. The van der Waals surface area contributed by atoms with Gasteiger partial charge in [0.05, 0.1) is 17.5 Å². The van der Waals surface area contributed by atoms with E-state index >= 15 is 0 Å². The summed E-state index contributed by atoms with van der Waals surface area (Å²) in [6.45, 7) is 0. The van der Waals surface area contributed by atoms with Crippen molar-refractivity contribution in [1.29, 1.82) is 0 Å². The van der Waals surface area contributed by atoms with Gasteiger partial charge in [0.25, 0.3) is 0 Å². The zero-order valence-corrected chi connectivity index (χ0v) is 9.77. The van der Waals surface area contributed by atoms with Crippen LogP contribution in [0.3, 0.4) is 0 Å². The molecule has 0 aliphatic rings. The van der Waals surface area contributed by atoms with E-state index in [0.717, 1.165) is 16.9 Å². The summed E-state index contributed by atoms with van der Waals surface area (Å²) in [6, 6.07) is 4.81. The lowest BCUT2D eigenvalue weighted by Gasteiger charge is -2.13. The Morgan fingerprint density at radius 1 is 1.32 bits per heavy atom. The van der Waals surface area contributed by atoms with Crippen molar-refractivity contribution in [2.45, 2.75) is 6.18 Å². The maximum atomic E-state index is 12.9. The van der Waals surface area contributed by atoms with Crippen LogP contribution in [0.1, 0.15) is 15.9 Å². The molecule has 2 rings (SSSR count). The quantitative estimate of drug-likeness (QED) is 0.912. The maximum absolute atomic E-state index is 12.9. The van der Waals surface area contributed by atoms with Crippen molar-refractivity contribution in [2.75, 3.05) is 0 Å². The Balaban J connectivity index is 2.73. The van der Waals surface area contributed by atoms with Crippen LogP contribution in [0.5, 0.6) is 0 Å². The maximum Gasteiger partial charge on any atom is 0.417 e. The lowest BCUT2D eigenvalue weighted by molar-refractivity contribution is -0.137. The number of aromatic carboxylic acids is 1. The molecule has 0 saturated carbocycles. The van der Waals surface area contributed by atoms with E-state index in [1.165, 1.54) is 25.2 Å². The van der Waals surface area contributed by atoms with Gasteiger partial charge in [-0.05, 0) is 6.07 Å². The Labute approximate surface area is 106 Å². The molecule has 2 aromatic rings. The van der Waals surface area contributed by atoms with Gasteiger partial charge in [-0.25, -0.2) is 4.79 Å². The van der Waals surface area contributed by atoms with Crippen LogP contribution in [0.4, 0.5) is 13.2 Å². The van der Waals surface area contributed by atoms with Gasteiger partial charge in [-0.1, -0.05) is 18.2 Å². The first kappa shape index (κ1) is 13.1. The Kier molecular flexibility index (Phi) is 3.05. The standard InChI is InChI=1S/C12H9F3N2O2/c1-17-10(8(6-16-17)11(18)19)7-4-2-3-5-9(7)12(13,14)15/h2-6H,1H3,(H,18,19). The molecule has 0 unspecified atom stereocenters. The molecule has 1 heterocycles. The Morgan fingerprint density at radius 3 is 2.53 bits per heavy atom. The molecule has 0 amide bonds. The average Bonchev–Trinajstić information content (AvgIpc) is 2.70. The molecule has 0 atom stereocenters. The van der Waals surface area contributed by atoms with Crippen molar-refractivity contribution < 1.29 is 23.1 Å². The minimum absolute atomic E-state index is 0.0691. The zero-order valence-electron chi connectivity index (χ0n) is 9.77. The number of hydrogen-bond acceptors (Lipinski definition) is 2. The van der Waals surface area contributed by atoms with Crippen LogP contribution >= 0.6 is 0 Å². The number of aryl methyl sites for hydroxylation is 1. The minimum Gasteiger partial charge on any atom is -0.478 e. The largest absolute Gasteiger partial charge is 0.478 e. The molecule has 100 valence electrons. The van der Waals surface area contributed by atoms with Crippen LogP contribution in [-0.2, 0) is 13.2 Å². The van der Waals surface area contributed by atoms with Crippen molar-refractivity contribution in [1.82, 2.24) is 9.78 Å². The highest BCUT2D eigenvalue weighted by atomic mass is 19.4. The number of carboxylic acid groups (broad SMARTS) is 1. The third-order valence-electron chi connectivity index (χ3n) is 2.66. The summed E-state index contributed by atoms with van der Waals surface area (Å²) in [5, 5.41) is 12.7. The molecule has 1 N–H and O–H groups in total. The normalized spacial score (nSPS) is 11.6. The predicted octanol–water partition coefficient (Wildman–Crippen LogP) is 2.80. The van der Waals surface area contributed by atoms with Crippen molar-refractivity contribution in [3.8, 4) is 11.3 Å². The predicted molar refractivity (Wildman–Crippen MR) is 60.6 cm³/mol. The highest BCUT2D eigenvalue weighted by molar-refractivity contribution is 5.95. The molecule has 0 fully saturated rings. The SMILES string of the molecule is Cn1ncc(C(=O)O)c1-c1ccccc1C(F)(F)F. The molecule has 1 aromatic carbocycles. The molecular weight excluding hydrogens is 261 g/mol. The van der Waals surface area contributed by atoms with E-state index in [0.29, 0.717) is 0 Å². The van der Waals surface area contributed by atoms with Gasteiger partial charge < -0.3 is 5.11 Å². The number of benzene rings is 1. The van der Waals surface area contributed by atoms with Crippen LogP contribution in [0.2, 0.25) is 0 Å². The lowest BCUT2D eigenvalue weighted by atomic mass is 10.0. The minimum atomic E-state index is -4.56. The first-order chi connectivity index (χ1) is 8.82. The van der Waals surface area contributed by atoms with Crippen molar-refractivity contribution in [3.63, 3.8) is 0 Å². The molecule has 0 aliphatic carbocycles. The third-order valence-corrected chi connectivity index (χ3v) is 2.66. The number of rotatable bonds is 2. The fraction of sp³-hybridized carbons (Fsp3) is 0.167. The van der Waals surface area contributed by atoms with E-state index in [4.69, 9.17) is 5.11 Å². The number of carboxylic acids is 1. The van der Waals surface area contributed by atoms with Crippen LogP contribution in [-0.4, -0.2) is 20.9 Å². The Bertz CT molecular complexity index is 632. The number of carbonyl (C=O) groups is 1. The van der Waals surface area contributed by atoms with E-state index in [-0.39, 0.29) is 16.8 Å². The summed E-state index contributed by atoms with van der Waals surface area (Å²) in [4.78, 5) is 11.0. The summed E-state index contributed by atoms with van der Waals surface area (Å²) in [7, 11) is 1.40. The Morgan fingerprint density at radius 2 is 1.95 bits per heavy atom. The van der Waals surface area contributed by atoms with E-state index in [9.17, 15) is 18.0 Å². The smallest absolute Gasteiger partial charge is 0.417 e. The summed E-state index contributed by atoms with van der Waals surface area (Å²) in [5.41, 5.74) is -1.42. The van der Waals surface area contributed by atoms with Crippen LogP contribution in [0, 0.1) is 0 Å². The van der Waals surface area contributed by atoms with Gasteiger partial charge in [0, 0.05) is 12.6 Å². The van der Waals surface area contributed by atoms with E-state index < -0.39 is 17.7 Å². The average molecular weight is 270 g/mol. The molecular formula is C12H9F3N2O2. The molecule has 1 aromatic heterocycles. The second kappa shape index (κ2) is 4.42. The summed E-state index contributed by atoms with van der Waals surface area (Å²) >= 11 is 0. The topological polar surface area (TPSA) is 55.1 Å². The molecule has 19 heavy (non-hydrogen) atoms. The van der Waals surface area contributed by atoms with Gasteiger partial charge in [0.15, 0.2) is 0 Å². The van der Waals surface area contributed by atoms with Crippen molar-refractivity contribution in [3.05, 3.63) is 41.6 Å². The molecule has 0 bridgehead atoms. The monoisotopic (exact) mass is 270 g/mol. The molecule has 0 saturated heterocycles. The van der Waals surface area contributed by atoms with Gasteiger partial charge in [-0.3, -0.25) is 4.68 Å². The fourth-order valence-electron chi connectivity index (χ4n) is 1.85. The molecule has 7 heteroatoms. The summed E-state index contributed by atoms with van der Waals surface area (Å²) in [6.07, 6.45) is -3.53. The summed E-state index contributed by atoms with van der Waals surface area (Å²) < 4.78 is 39.9. The van der Waals surface area contributed by atoms with Gasteiger partial charge >= 0.3 is 12.1 Å². The molecule has 0 radical (unpaired) electrons. The van der Waals surface area contributed by atoms with Gasteiger partial charge in [-0.2, -0.15) is 18.3 Å². The van der Waals surface area contributed by atoms with Crippen molar-refractivity contribution in [2.24, 2.45) is 7.05 Å². The number of alkyl halides is 3. The van der Waals surface area contributed by atoms with Crippen LogP contribution in [0.25, 0.3) is 11.3 Å². The second-order valence-electron chi connectivity index (χ2n) is 3.88.